The molecule has 1 aliphatic rings. The normalized spacial score (nSPS) is 16.4. The molecule has 3 nitrogen and oxygen atoms in total. The topological polar surface area (TPSA) is 42.1 Å². The van der Waals surface area contributed by atoms with E-state index in [2.05, 4.69) is 29.8 Å². The van der Waals surface area contributed by atoms with Crippen molar-refractivity contribution < 1.29 is 0 Å². The zero-order valence-electron chi connectivity index (χ0n) is 11.6. The van der Waals surface area contributed by atoms with Gasteiger partial charge in [0.1, 0.15) is 5.82 Å². The first-order valence-electron chi connectivity index (χ1n) is 7.12. The van der Waals surface area contributed by atoms with Crippen LogP contribution in [0.5, 0.6) is 0 Å². The summed E-state index contributed by atoms with van der Waals surface area (Å²) in [5.41, 5.74) is 6.90. The molecular weight excluding hydrogens is 222 g/mol. The van der Waals surface area contributed by atoms with Crippen LogP contribution in [0.3, 0.4) is 0 Å². The lowest BCUT2D eigenvalue weighted by Gasteiger charge is -2.32. The maximum Gasteiger partial charge on any atom is 0.129 e. The third-order valence-electron chi connectivity index (χ3n) is 3.67. The zero-order valence-corrected chi connectivity index (χ0v) is 11.6. The Hall–Kier alpha value is -1.09. The van der Waals surface area contributed by atoms with Crippen LogP contribution in [0.1, 0.15) is 45.1 Å². The van der Waals surface area contributed by atoms with Crippen molar-refractivity contribution in [2.45, 2.75) is 52.1 Å². The van der Waals surface area contributed by atoms with Crippen molar-refractivity contribution in [3.8, 4) is 0 Å². The van der Waals surface area contributed by atoms with Crippen LogP contribution in [-0.2, 0) is 6.54 Å². The first kappa shape index (κ1) is 13.3. The molecular formula is C15H25N3. The summed E-state index contributed by atoms with van der Waals surface area (Å²) in [5.74, 6) is 1.77. The van der Waals surface area contributed by atoms with E-state index in [0.717, 1.165) is 12.4 Å². The van der Waals surface area contributed by atoms with Crippen LogP contribution < -0.4 is 10.6 Å². The minimum absolute atomic E-state index is 0.593. The van der Waals surface area contributed by atoms with Crippen molar-refractivity contribution in [2.24, 2.45) is 11.7 Å². The van der Waals surface area contributed by atoms with Crippen LogP contribution in [0.15, 0.2) is 18.3 Å². The Kier molecular flexibility index (Phi) is 4.59. The van der Waals surface area contributed by atoms with Gasteiger partial charge in [0.05, 0.1) is 0 Å². The van der Waals surface area contributed by atoms with E-state index in [1.165, 1.54) is 31.2 Å². The molecule has 0 aliphatic heterocycles. The van der Waals surface area contributed by atoms with Gasteiger partial charge < -0.3 is 10.6 Å². The molecule has 3 heteroatoms. The smallest absolute Gasteiger partial charge is 0.129 e. The Morgan fingerprint density at radius 1 is 1.39 bits per heavy atom. The maximum absolute atomic E-state index is 5.73. The molecule has 0 unspecified atom stereocenters. The summed E-state index contributed by atoms with van der Waals surface area (Å²) in [6.45, 7) is 6.23. The summed E-state index contributed by atoms with van der Waals surface area (Å²) < 4.78 is 0. The molecule has 2 N–H and O–H groups in total. The molecule has 1 aromatic rings. The van der Waals surface area contributed by atoms with E-state index in [1.807, 2.05) is 12.3 Å². The van der Waals surface area contributed by atoms with Gasteiger partial charge in [-0.25, -0.2) is 4.98 Å². The van der Waals surface area contributed by atoms with E-state index in [0.29, 0.717) is 18.5 Å². The molecule has 1 saturated carbocycles. The Morgan fingerprint density at radius 3 is 2.72 bits per heavy atom. The highest BCUT2D eigenvalue weighted by atomic mass is 15.2. The van der Waals surface area contributed by atoms with E-state index in [9.17, 15) is 0 Å². The second-order valence-corrected chi connectivity index (χ2v) is 5.71. The number of pyridine rings is 1. The second-order valence-electron chi connectivity index (χ2n) is 5.71. The van der Waals surface area contributed by atoms with Gasteiger partial charge in [-0.15, -0.1) is 0 Å². The van der Waals surface area contributed by atoms with Gasteiger partial charge in [-0.05, 0) is 36.5 Å². The van der Waals surface area contributed by atoms with Gasteiger partial charge in [0.2, 0.25) is 0 Å². The average molecular weight is 247 g/mol. The fraction of sp³-hybridized carbons (Fsp3) is 0.667. The molecule has 1 heterocycles. The monoisotopic (exact) mass is 247 g/mol. The van der Waals surface area contributed by atoms with Gasteiger partial charge in [-0.2, -0.15) is 0 Å². The third kappa shape index (κ3) is 3.22. The van der Waals surface area contributed by atoms with Gasteiger partial charge in [0.25, 0.3) is 0 Å². The molecule has 0 atom stereocenters. The minimum atomic E-state index is 0.593. The van der Waals surface area contributed by atoms with Gasteiger partial charge in [0.15, 0.2) is 0 Å². The molecule has 1 aliphatic carbocycles. The van der Waals surface area contributed by atoms with Gasteiger partial charge in [-0.3, -0.25) is 0 Å². The first-order valence-corrected chi connectivity index (χ1v) is 7.12. The fourth-order valence-electron chi connectivity index (χ4n) is 2.78. The predicted octanol–water partition coefficient (Wildman–Crippen LogP) is 2.95. The van der Waals surface area contributed by atoms with Crippen molar-refractivity contribution in [3.63, 3.8) is 0 Å². The molecule has 0 aromatic carbocycles. The van der Waals surface area contributed by atoms with Crippen LogP contribution in [0.2, 0.25) is 0 Å². The highest BCUT2D eigenvalue weighted by Crippen LogP contribution is 2.28. The highest BCUT2D eigenvalue weighted by Gasteiger charge is 2.24. The van der Waals surface area contributed by atoms with Crippen molar-refractivity contribution in [1.82, 2.24) is 4.98 Å². The fourth-order valence-corrected chi connectivity index (χ4v) is 2.78. The van der Waals surface area contributed by atoms with Crippen LogP contribution in [-0.4, -0.2) is 17.6 Å². The van der Waals surface area contributed by atoms with Crippen LogP contribution >= 0.6 is 0 Å². The molecule has 1 aromatic heterocycles. The molecule has 0 bridgehead atoms. The minimum Gasteiger partial charge on any atom is -0.353 e. The van der Waals surface area contributed by atoms with Crippen LogP contribution in [0, 0.1) is 5.92 Å². The summed E-state index contributed by atoms with van der Waals surface area (Å²) in [7, 11) is 0. The summed E-state index contributed by atoms with van der Waals surface area (Å²) >= 11 is 0. The van der Waals surface area contributed by atoms with Crippen molar-refractivity contribution in [3.05, 3.63) is 23.9 Å². The van der Waals surface area contributed by atoms with Gasteiger partial charge in [0, 0.05) is 25.3 Å². The number of aromatic nitrogens is 1. The van der Waals surface area contributed by atoms with E-state index in [1.54, 1.807) is 0 Å². The quantitative estimate of drug-likeness (QED) is 0.870. The standard InChI is InChI=1S/C15H25N3/c1-12(2)11-18(14-5-3-4-6-14)15-9-13(10-16)7-8-17-15/h7-9,12,14H,3-6,10-11,16H2,1-2H3. The van der Waals surface area contributed by atoms with E-state index in [-0.39, 0.29) is 0 Å². The summed E-state index contributed by atoms with van der Waals surface area (Å²) in [4.78, 5) is 7.05. The number of nitrogens with zero attached hydrogens (tertiary/aromatic N) is 2. The Balaban J connectivity index is 2.20. The summed E-state index contributed by atoms with van der Waals surface area (Å²) in [5, 5.41) is 0. The molecule has 0 amide bonds. The molecule has 0 saturated heterocycles. The average Bonchev–Trinajstić information content (AvgIpc) is 2.89. The lowest BCUT2D eigenvalue weighted by Crippen LogP contribution is -2.37. The number of nitrogens with two attached hydrogens (primary N) is 1. The molecule has 0 radical (unpaired) electrons. The predicted molar refractivity (Wildman–Crippen MR) is 76.6 cm³/mol. The molecule has 1 fully saturated rings. The zero-order chi connectivity index (χ0) is 13.0. The summed E-state index contributed by atoms with van der Waals surface area (Å²) in [6, 6.07) is 4.83. The van der Waals surface area contributed by atoms with Gasteiger partial charge in [-0.1, -0.05) is 26.7 Å². The molecule has 18 heavy (non-hydrogen) atoms. The van der Waals surface area contributed by atoms with E-state index >= 15 is 0 Å². The Labute approximate surface area is 110 Å². The van der Waals surface area contributed by atoms with E-state index < -0.39 is 0 Å². The second kappa shape index (κ2) is 6.19. The van der Waals surface area contributed by atoms with E-state index in [4.69, 9.17) is 5.73 Å². The van der Waals surface area contributed by atoms with Gasteiger partial charge >= 0.3 is 0 Å². The first-order chi connectivity index (χ1) is 8.70. The number of rotatable bonds is 5. The Bertz CT molecular complexity index is 370. The largest absolute Gasteiger partial charge is 0.353 e. The lowest BCUT2D eigenvalue weighted by molar-refractivity contribution is 0.531. The highest BCUT2D eigenvalue weighted by molar-refractivity contribution is 5.42. The maximum atomic E-state index is 5.73. The van der Waals surface area contributed by atoms with Crippen LogP contribution in [0.4, 0.5) is 5.82 Å². The Morgan fingerprint density at radius 2 is 2.11 bits per heavy atom. The molecule has 100 valence electrons. The third-order valence-corrected chi connectivity index (χ3v) is 3.67. The van der Waals surface area contributed by atoms with Crippen molar-refractivity contribution >= 4 is 5.82 Å². The number of hydrogen-bond donors (Lipinski definition) is 1. The van der Waals surface area contributed by atoms with Crippen LogP contribution in [0.25, 0.3) is 0 Å². The SMILES string of the molecule is CC(C)CN(c1cc(CN)ccn1)C1CCCC1. The lowest BCUT2D eigenvalue weighted by atomic mass is 10.1. The summed E-state index contributed by atoms with van der Waals surface area (Å²) in [6.07, 6.45) is 7.22. The van der Waals surface area contributed by atoms with Crippen molar-refractivity contribution in [1.29, 1.82) is 0 Å². The molecule has 2 rings (SSSR count). The molecule has 0 spiro atoms. The van der Waals surface area contributed by atoms with Crippen molar-refractivity contribution in [2.75, 3.05) is 11.4 Å². The number of hydrogen-bond acceptors (Lipinski definition) is 3. The number of anilines is 1.